The Morgan fingerprint density at radius 3 is 1.77 bits per heavy atom. The van der Waals surface area contributed by atoms with Gasteiger partial charge in [-0.25, -0.2) is 0 Å². The Balaban J connectivity index is 0. The third kappa shape index (κ3) is 25.1. The molecule has 0 saturated carbocycles. The minimum atomic E-state index is 0.633. The van der Waals surface area contributed by atoms with Crippen LogP contribution >= 0.6 is 0 Å². The van der Waals surface area contributed by atoms with E-state index in [0.29, 0.717) is 13.2 Å². The first kappa shape index (κ1) is 27.0. The molecule has 0 spiro atoms. The predicted octanol–water partition coefficient (Wildman–Crippen LogP) is 2.59. The Bertz CT molecular complexity index is 324. The Hall–Kier alpha value is -1.18. The number of hydrogen-bond acceptors (Lipinski definition) is 6. The summed E-state index contributed by atoms with van der Waals surface area (Å²) in [6, 6.07) is 9.81. The van der Waals surface area contributed by atoms with Gasteiger partial charge in [0.05, 0.1) is 19.8 Å². The summed E-state index contributed by atoms with van der Waals surface area (Å²) in [7, 11) is 7.19. The highest BCUT2D eigenvalue weighted by Gasteiger charge is 1.91. The smallest absolute Gasteiger partial charge is 0.119 e. The van der Waals surface area contributed by atoms with Crippen LogP contribution in [0.1, 0.15) is 19.8 Å². The molecule has 26 heavy (non-hydrogen) atoms. The molecule has 0 amide bonds. The summed E-state index contributed by atoms with van der Waals surface area (Å²) in [6.45, 7) is 7.79. The first-order valence-corrected chi connectivity index (χ1v) is 9.29. The molecule has 0 bridgehead atoms. The molecule has 0 aliphatic heterocycles. The van der Waals surface area contributed by atoms with Crippen molar-refractivity contribution in [1.82, 2.24) is 10.6 Å². The Kier molecular flexibility index (Phi) is 27.1. The van der Waals surface area contributed by atoms with Gasteiger partial charge in [0.25, 0.3) is 0 Å². The first-order valence-electron chi connectivity index (χ1n) is 9.29. The second kappa shape index (κ2) is 26.1. The van der Waals surface area contributed by atoms with Crippen molar-refractivity contribution < 1.29 is 18.9 Å². The topological polar surface area (TPSA) is 61.0 Å². The van der Waals surface area contributed by atoms with Crippen LogP contribution in [-0.4, -0.2) is 74.4 Å². The number of rotatable bonds is 13. The van der Waals surface area contributed by atoms with E-state index in [2.05, 4.69) is 17.6 Å². The van der Waals surface area contributed by atoms with E-state index in [-0.39, 0.29) is 0 Å². The summed E-state index contributed by atoms with van der Waals surface area (Å²) in [5, 5.41) is 5.89. The van der Waals surface area contributed by atoms with Gasteiger partial charge in [-0.2, -0.15) is 0 Å². The lowest BCUT2D eigenvalue weighted by atomic mass is 10.3. The van der Waals surface area contributed by atoms with E-state index in [1.165, 1.54) is 6.42 Å². The van der Waals surface area contributed by atoms with Gasteiger partial charge in [-0.15, -0.1) is 0 Å². The van der Waals surface area contributed by atoms with Crippen LogP contribution in [0, 0.1) is 0 Å². The average Bonchev–Trinajstić information content (AvgIpc) is 2.69. The summed E-state index contributed by atoms with van der Waals surface area (Å²) in [4.78, 5) is 0. The third-order valence-corrected chi connectivity index (χ3v) is 2.99. The zero-order valence-electron chi connectivity index (χ0n) is 17.4. The molecule has 0 saturated heterocycles. The molecule has 1 rings (SSSR count). The highest BCUT2D eigenvalue weighted by molar-refractivity contribution is 5.20. The highest BCUT2D eigenvalue weighted by atomic mass is 16.5. The quantitative estimate of drug-likeness (QED) is 0.519. The molecule has 154 valence electrons. The van der Waals surface area contributed by atoms with Crippen molar-refractivity contribution in [2.24, 2.45) is 0 Å². The maximum absolute atomic E-state index is 5.46. The van der Waals surface area contributed by atoms with Gasteiger partial charge in [-0.1, -0.05) is 31.5 Å². The SMILES string of the molecule is CCCCOCCOc1ccccc1.CNCCOC.CNCCOC. The van der Waals surface area contributed by atoms with Crippen LogP contribution in [0.25, 0.3) is 0 Å². The van der Waals surface area contributed by atoms with E-state index in [1.54, 1.807) is 14.2 Å². The fraction of sp³-hybridized carbons (Fsp3) is 0.700. The summed E-state index contributed by atoms with van der Waals surface area (Å²) < 4.78 is 20.3. The van der Waals surface area contributed by atoms with Crippen molar-refractivity contribution in [2.75, 3.05) is 74.4 Å². The number of benzene rings is 1. The maximum atomic E-state index is 5.46. The van der Waals surface area contributed by atoms with Crippen molar-refractivity contribution in [2.45, 2.75) is 19.8 Å². The number of methoxy groups -OCH3 is 2. The fourth-order valence-electron chi connectivity index (χ4n) is 1.49. The van der Waals surface area contributed by atoms with E-state index in [4.69, 9.17) is 18.9 Å². The zero-order chi connectivity index (χ0) is 19.7. The Morgan fingerprint density at radius 1 is 0.769 bits per heavy atom. The van der Waals surface area contributed by atoms with Crippen LogP contribution in [0.3, 0.4) is 0 Å². The minimum Gasteiger partial charge on any atom is -0.491 e. The molecular formula is C20H40N2O4. The van der Waals surface area contributed by atoms with Crippen LogP contribution in [0.5, 0.6) is 5.75 Å². The van der Waals surface area contributed by atoms with E-state index < -0.39 is 0 Å². The average molecular weight is 373 g/mol. The molecule has 2 N–H and O–H groups in total. The molecule has 1 aromatic carbocycles. The van der Waals surface area contributed by atoms with Crippen molar-refractivity contribution in [1.29, 1.82) is 0 Å². The van der Waals surface area contributed by atoms with Crippen molar-refractivity contribution in [3.05, 3.63) is 30.3 Å². The maximum Gasteiger partial charge on any atom is 0.119 e. The Morgan fingerprint density at radius 2 is 1.35 bits per heavy atom. The van der Waals surface area contributed by atoms with Gasteiger partial charge in [-0.05, 0) is 32.6 Å². The summed E-state index contributed by atoms with van der Waals surface area (Å²) in [5.74, 6) is 0.909. The van der Waals surface area contributed by atoms with Crippen molar-refractivity contribution >= 4 is 0 Å². The molecule has 0 fully saturated rings. The minimum absolute atomic E-state index is 0.633. The van der Waals surface area contributed by atoms with Crippen molar-refractivity contribution in [3.63, 3.8) is 0 Å². The molecule has 0 atom stereocenters. The van der Waals surface area contributed by atoms with Crippen LogP contribution in [0.15, 0.2) is 30.3 Å². The lowest BCUT2D eigenvalue weighted by Crippen LogP contribution is -2.12. The second-order valence-electron chi connectivity index (χ2n) is 5.32. The molecule has 0 aromatic heterocycles. The number of ether oxygens (including phenoxy) is 4. The van der Waals surface area contributed by atoms with Gasteiger partial charge in [0.2, 0.25) is 0 Å². The number of nitrogens with one attached hydrogen (secondary N) is 2. The normalized spacial score (nSPS) is 9.58. The molecule has 1 aromatic rings. The first-order chi connectivity index (χ1) is 12.8. The standard InChI is InChI=1S/C12H18O2.2C4H11NO/c1-2-3-9-13-10-11-14-12-7-5-4-6-8-12;2*1-5-3-4-6-2/h4-8H,2-3,9-11H2,1H3;2*5H,3-4H2,1-2H3. The molecule has 0 radical (unpaired) electrons. The third-order valence-electron chi connectivity index (χ3n) is 2.99. The van der Waals surface area contributed by atoms with Crippen molar-refractivity contribution in [3.8, 4) is 5.75 Å². The summed E-state index contributed by atoms with van der Waals surface area (Å²) in [5.41, 5.74) is 0. The van der Waals surface area contributed by atoms with Crippen LogP contribution in [0.4, 0.5) is 0 Å². The largest absolute Gasteiger partial charge is 0.491 e. The molecule has 0 unspecified atom stereocenters. The molecule has 0 aliphatic carbocycles. The number of unbranched alkanes of at least 4 members (excludes halogenated alkanes) is 1. The van der Waals surface area contributed by atoms with E-state index in [1.807, 2.05) is 44.4 Å². The van der Waals surface area contributed by atoms with E-state index in [9.17, 15) is 0 Å². The van der Waals surface area contributed by atoms with Gasteiger partial charge in [-0.3, -0.25) is 0 Å². The van der Waals surface area contributed by atoms with E-state index in [0.717, 1.165) is 45.1 Å². The van der Waals surface area contributed by atoms with Gasteiger partial charge < -0.3 is 29.6 Å². The predicted molar refractivity (Wildman–Crippen MR) is 109 cm³/mol. The lowest BCUT2D eigenvalue weighted by Gasteiger charge is -2.06. The van der Waals surface area contributed by atoms with Crippen LogP contribution in [0.2, 0.25) is 0 Å². The van der Waals surface area contributed by atoms with Gasteiger partial charge >= 0.3 is 0 Å². The van der Waals surface area contributed by atoms with E-state index >= 15 is 0 Å². The second-order valence-corrected chi connectivity index (χ2v) is 5.32. The lowest BCUT2D eigenvalue weighted by molar-refractivity contribution is 0.0980. The van der Waals surface area contributed by atoms with Gasteiger partial charge in [0, 0.05) is 33.9 Å². The summed E-state index contributed by atoms with van der Waals surface area (Å²) >= 11 is 0. The zero-order valence-corrected chi connectivity index (χ0v) is 17.4. The monoisotopic (exact) mass is 372 g/mol. The summed E-state index contributed by atoms with van der Waals surface area (Å²) in [6.07, 6.45) is 2.31. The molecule has 0 aliphatic rings. The fourth-order valence-corrected chi connectivity index (χ4v) is 1.49. The molecule has 0 heterocycles. The number of hydrogen-bond donors (Lipinski definition) is 2. The molecular weight excluding hydrogens is 332 g/mol. The molecule has 6 heteroatoms. The highest BCUT2D eigenvalue weighted by Crippen LogP contribution is 2.07. The number of likely N-dealkylation sites (N-methyl/N-ethyl adjacent to an activating group) is 2. The molecule has 6 nitrogen and oxygen atoms in total. The Labute approximate surface area is 160 Å². The van der Waals surface area contributed by atoms with Gasteiger partial charge in [0.15, 0.2) is 0 Å². The van der Waals surface area contributed by atoms with Crippen LogP contribution in [-0.2, 0) is 14.2 Å². The van der Waals surface area contributed by atoms with Gasteiger partial charge in [0.1, 0.15) is 12.4 Å². The number of para-hydroxylation sites is 1. The van der Waals surface area contributed by atoms with Crippen LogP contribution < -0.4 is 15.4 Å².